The molecule has 2 rings (SSSR count). The Hall–Kier alpha value is -0.610. The Morgan fingerprint density at radius 3 is 2.65 bits per heavy atom. The highest BCUT2D eigenvalue weighted by atomic mass is 16.5. The van der Waals surface area contributed by atoms with Crippen LogP contribution in [0.3, 0.4) is 0 Å². The third-order valence-electron chi connectivity index (χ3n) is 3.61. The van der Waals surface area contributed by atoms with Gasteiger partial charge in [0.15, 0.2) is 0 Å². The van der Waals surface area contributed by atoms with Crippen molar-refractivity contribution in [2.24, 2.45) is 0 Å². The highest BCUT2D eigenvalue weighted by Gasteiger charge is 2.25. The number of ether oxygens (including phenoxy) is 1. The first-order valence-electron chi connectivity index (χ1n) is 6.80. The van der Waals surface area contributed by atoms with Crippen molar-refractivity contribution in [2.45, 2.75) is 57.7 Å². The minimum absolute atomic E-state index is 0.292. The van der Waals surface area contributed by atoms with Crippen LogP contribution in [0, 0.1) is 0 Å². The summed E-state index contributed by atoms with van der Waals surface area (Å²) >= 11 is 0. The molecule has 2 saturated heterocycles. The average Bonchev–Trinajstić information content (AvgIpc) is 2.77. The molecule has 0 aromatic heterocycles. The Bertz CT molecular complexity index is 254. The Morgan fingerprint density at radius 1 is 1.35 bits per heavy atom. The van der Waals surface area contributed by atoms with Crippen molar-refractivity contribution in [3.8, 4) is 0 Å². The fraction of sp³-hybridized carbons (Fsp3) is 0.923. The minimum Gasteiger partial charge on any atom is -0.378 e. The van der Waals surface area contributed by atoms with Crippen LogP contribution in [0.2, 0.25) is 0 Å². The van der Waals surface area contributed by atoms with Crippen LogP contribution in [0.4, 0.5) is 0 Å². The van der Waals surface area contributed by atoms with Crippen molar-refractivity contribution < 1.29 is 9.53 Å². The van der Waals surface area contributed by atoms with Gasteiger partial charge in [-0.3, -0.25) is 4.79 Å². The number of nitrogens with zero attached hydrogens (tertiary/aromatic N) is 1. The molecule has 0 aromatic carbocycles. The molecule has 0 aromatic rings. The molecular formula is C13H24N2O2. The van der Waals surface area contributed by atoms with E-state index >= 15 is 0 Å². The molecule has 1 amide bonds. The lowest BCUT2D eigenvalue weighted by atomic mass is 10.1. The normalized spacial score (nSPS) is 34.0. The van der Waals surface area contributed by atoms with E-state index in [2.05, 4.69) is 19.2 Å². The lowest BCUT2D eigenvalue weighted by molar-refractivity contribution is -0.133. The maximum absolute atomic E-state index is 12.1. The molecule has 98 valence electrons. The number of carbonyl (C=O) groups is 1. The van der Waals surface area contributed by atoms with E-state index < -0.39 is 0 Å². The van der Waals surface area contributed by atoms with Gasteiger partial charge in [-0.15, -0.1) is 0 Å². The predicted octanol–water partition coefficient (Wildman–Crippen LogP) is 1.15. The van der Waals surface area contributed by atoms with E-state index in [1.165, 1.54) is 0 Å². The lowest BCUT2D eigenvalue weighted by Crippen LogP contribution is -2.55. The van der Waals surface area contributed by atoms with Crippen LogP contribution in [-0.4, -0.2) is 48.7 Å². The summed E-state index contributed by atoms with van der Waals surface area (Å²) in [4.78, 5) is 14.1. The van der Waals surface area contributed by atoms with Crippen molar-refractivity contribution in [1.29, 1.82) is 0 Å². The van der Waals surface area contributed by atoms with Crippen LogP contribution in [0.5, 0.6) is 0 Å². The number of hydrogen-bond donors (Lipinski definition) is 1. The van der Waals surface area contributed by atoms with Crippen LogP contribution < -0.4 is 5.32 Å². The van der Waals surface area contributed by atoms with Crippen molar-refractivity contribution in [1.82, 2.24) is 10.2 Å². The number of hydrogen-bond acceptors (Lipinski definition) is 3. The Kier molecular flexibility index (Phi) is 4.40. The molecule has 0 radical (unpaired) electrons. The number of nitrogens with one attached hydrogen (secondary N) is 1. The smallest absolute Gasteiger partial charge is 0.222 e. The molecule has 3 unspecified atom stereocenters. The van der Waals surface area contributed by atoms with E-state index in [1.807, 2.05) is 4.90 Å². The van der Waals surface area contributed by atoms with Crippen LogP contribution in [0.15, 0.2) is 0 Å². The van der Waals surface area contributed by atoms with E-state index in [1.54, 1.807) is 0 Å². The molecule has 4 heteroatoms. The quantitative estimate of drug-likeness (QED) is 0.804. The summed E-state index contributed by atoms with van der Waals surface area (Å²) in [5.41, 5.74) is 0. The monoisotopic (exact) mass is 240 g/mol. The van der Waals surface area contributed by atoms with Gasteiger partial charge in [-0.25, -0.2) is 0 Å². The first-order valence-corrected chi connectivity index (χ1v) is 6.80. The van der Waals surface area contributed by atoms with E-state index in [0.717, 1.165) is 39.0 Å². The molecular weight excluding hydrogens is 216 g/mol. The second kappa shape index (κ2) is 5.83. The zero-order valence-corrected chi connectivity index (χ0v) is 10.9. The van der Waals surface area contributed by atoms with Gasteiger partial charge in [-0.1, -0.05) is 0 Å². The van der Waals surface area contributed by atoms with Crippen LogP contribution in [0.1, 0.15) is 39.5 Å². The highest BCUT2D eigenvalue weighted by molar-refractivity contribution is 5.76. The third kappa shape index (κ3) is 3.68. The predicted molar refractivity (Wildman–Crippen MR) is 66.8 cm³/mol. The summed E-state index contributed by atoms with van der Waals surface area (Å²) in [5.74, 6) is 0.292. The maximum Gasteiger partial charge on any atom is 0.222 e. The number of rotatable bonds is 3. The molecule has 2 heterocycles. The highest BCUT2D eigenvalue weighted by Crippen LogP contribution is 2.18. The fourth-order valence-electron chi connectivity index (χ4n) is 2.85. The Morgan fingerprint density at radius 2 is 2.06 bits per heavy atom. The zero-order valence-electron chi connectivity index (χ0n) is 10.9. The van der Waals surface area contributed by atoms with Gasteiger partial charge in [-0.2, -0.15) is 0 Å². The number of amides is 1. The molecule has 0 aliphatic carbocycles. The van der Waals surface area contributed by atoms with E-state index in [-0.39, 0.29) is 0 Å². The van der Waals surface area contributed by atoms with Crippen molar-refractivity contribution in [3.05, 3.63) is 0 Å². The summed E-state index contributed by atoms with van der Waals surface area (Å²) in [7, 11) is 0. The first kappa shape index (κ1) is 12.8. The second-order valence-electron chi connectivity index (χ2n) is 5.44. The molecule has 2 aliphatic heterocycles. The Labute approximate surface area is 104 Å². The van der Waals surface area contributed by atoms with Gasteiger partial charge in [0.2, 0.25) is 5.91 Å². The van der Waals surface area contributed by atoms with E-state index in [0.29, 0.717) is 30.5 Å². The molecule has 0 bridgehead atoms. The van der Waals surface area contributed by atoms with Gasteiger partial charge in [0.1, 0.15) is 0 Å². The SMILES string of the molecule is CC1CN(C(=O)CCC2CCCO2)CC(C)N1. The lowest BCUT2D eigenvalue weighted by Gasteiger charge is -2.36. The third-order valence-corrected chi connectivity index (χ3v) is 3.61. The summed E-state index contributed by atoms with van der Waals surface area (Å²) in [6.07, 6.45) is 4.15. The van der Waals surface area contributed by atoms with E-state index in [4.69, 9.17) is 4.74 Å². The van der Waals surface area contributed by atoms with Gasteiger partial charge >= 0.3 is 0 Å². The van der Waals surface area contributed by atoms with Crippen LogP contribution in [0.25, 0.3) is 0 Å². The number of carbonyl (C=O) groups excluding carboxylic acids is 1. The van der Waals surface area contributed by atoms with Crippen LogP contribution in [-0.2, 0) is 9.53 Å². The standard InChI is InChI=1S/C13H24N2O2/c1-10-8-15(9-11(2)14-10)13(16)6-5-12-4-3-7-17-12/h10-12,14H,3-9H2,1-2H3. The maximum atomic E-state index is 12.1. The molecule has 0 spiro atoms. The summed E-state index contributed by atoms with van der Waals surface area (Å²) in [5, 5.41) is 3.44. The van der Waals surface area contributed by atoms with Crippen molar-refractivity contribution in [3.63, 3.8) is 0 Å². The molecule has 3 atom stereocenters. The minimum atomic E-state index is 0.292. The molecule has 2 aliphatic rings. The van der Waals surface area contributed by atoms with Crippen LogP contribution >= 0.6 is 0 Å². The largest absolute Gasteiger partial charge is 0.378 e. The number of piperazine rings is 1. The van der Waals surface area contributed by atoms with E-state index in [9.17, 15) is 4.79 Å². The van der Waals surface area contributed by atoms with Gasteiger partial charge < -0.3 is 15.0 Å². The molecule has 17 heavy (non-hydrogen) atoms. The van der Waals surface area contributed by atoms with Gasteiger partial charge in [0.25, 0.3) is 0 Å². The topological polar surface area (TPSA) is 41.6 Å². The van der Waals surface area contributed by atoms with Gasteiger partial charge in [0, 0.05) is 38.2 Å². The molecule has 0 saturated carbocycles. The Balaban J connectivity index is 1.74. The van der Waals surface area contributed by atoms with Crippen molar-refractivity contribution in [2.75, 3.05) is 19.7 Å². The summed E-state index contributed by atoms with van der Waals surface area (Å²) < 4.78 is 5.55. The second-order valence-corrected chi connectivity index (χ2v) is 5.44. The molecule has 4 nitrogen and oxygen atoms in total. The molecule has 1 N–H and O–H groups in total. The average molecular weight is 240 g/mol. The van der Waals surface area contributed by atoms with Gasteiger partial charge in [-0.05, 0) is 33.1 Å². The summed E-state index contributed by atoms with van der Waals surface area (Å²) in [6, 6.07) is 0.816. The zero-order chi connectivity index (χ0) is 12.3. The molecule has 2 fully saturated rings. The summed E-state index contributed by atoms with van der Waals surface area (Å²) in [6.45, 7) is 6.83. The fourth-order valence-corrected chi connectivity index (χ4v) is 2.85. The van der Waals surface area contributed by atoms with Gasteiger partial charge in [0.05, 0.1) is 6.10 Å². The van der Waals surface area contributed by atoms with Crippen molar-refractivity contribution >= 4 is 5.91 Å². The first-order chi connectivity index (χ1) is 8.15.